The van der Waals surface area contributed by atoms with Gasteiger partial charge in [-0.15, -0.1) is 0 Å². The number of hydrogen-bond donors (Lipinski definition) is 2. The number of phenolic OH excluding ortho intramolecular Hbond substituents is 2. The van der Waals surface area contributed by atoms with Gasteiger partial charge in [-0.2, -0.15) is 0 Å². The Morgan fingerprint density at radius 1 is 1.15 bits per heavy atom. The van der Waals surface area contributed by atoms with Gasteiger partial charge in [0.05, 0.1) is 0 Å². The Hall–Kier alpha value is -1.70. The molecule has 2 rings (SSSR count). The van der Waals surface area contributed by atoms with E-state index in [-0.39, 0.29) is 16.9 Å². The molecule has 0 radical (unpaired) electrons. The first-order valence-electron chi connectivity index (χ1n) is 9.86. The average molecular weight is 357 g/mol. The van der Waals surface area contributed by atoms with Gasteiger partial charge in [-0.05, 0) is 82.4 Å². The predicted octanol–water partition coefficient (Wildman–Crippen LogP) is 6.79. The van der Waals surface area contributed by atoms with Crippen LogP contribution in [0.5, 0.6) is 11.5 Å². The Bertz CT molecular complexity index is 701. The van der Waals surface area contributed by atoms with Crippen LogP contribution in [0.3, 0.4) is 0 Å². The highest BCUT2D eigenvalue weighted by atomic mass is 16.3. The van der Waals surface area contributed by atoms with E-state index in [0.717, 1.165) is 31.2 Å². The molecule has 0 aromatic heterocycles. The zero-order chi connectivity index (χ0) is 19.7. The topological polar surface area (TPSA) is 40.5 Å². The second-order valence-corrected chi connectivity index (χ2v) is 9.05. The molecular weight excluding hydrogens is 320 g/mol. The van der Waals surface area contributed by atoms with Crippen LogP contribution in [0.4, 0.5) is 0 Å². The normalized spacial score (nSPS) is 27.0. The molecule has 0 heterocycles. The quantitative estimate of drug-likeness (QED) is 0.570. The molecule has 1 aromatic carbocycles. The third kappa shape index (κ3) is 3.70. The van der Waals surface area contributed by atoms with Crippen molar-refractivity contribution in [1.82, 2.24) is 0 Å². The van der Waals surface area contributed by atoms with E-state index in [1.807, 2.05) is 6.92 Å². The van der Waals surface area contributed by atoms with Gasteiger partial charge < -0.3 is 10.2 Å². The van der Waals surface area contributed by atoms with Crippen LogP contribution in [-0.2, 0) is 5.41 Å². The number of phenols is 2. The van der Waals surface area contributed by atoms with Crippen molar-refractivity contribution in [2.45, 2.75) is 79.6 Å². The molecule has 0 unspecified atom stereocenters. The van der Waals surface area contributed by atoms with Crippen molar-refractivity contribution in [3.63, 3.8) is 0 Å². The van der Waals surface area contributed by atoms with E-state index in [4.69, 9.17) is 0 Å². The Kier molecular flexibility index (Phi) is 5.95. The summed E-state index contributed by atoms with van der Waals surface area (Å²) in [6, 6.07) is 3.54. The zero-order valence-corrected chi connectivity index (χ0v) is 17.6. The van der Waals surface area contributed by atoms with Gasteiger partial charge in [-0.25, -0.2) is 0 Å². The zero-order valence-electron chi connectivity index (χ0n) is 17.6. The minimum absolute atomic E-state index is 0.0355. The smallest absolute Gasteiger partial charge is 0.123 e. The molecule has 144 valence electrons. The molecule has 2 nitrogen and oxygen atoms in total. The molecule has 0 saturated carbocycles. The highest BCUT2D eigenvalue weighted by Gasteiger charge is 2.51. The third-order valence-corrected chi connectivity index (χ3v) is 6.76. The van der Waals surface area contributed by atoms with Crippen LogP contribution < -0.4 is 0 Å². The van der Waals surface area contributed by atoms with Gasteiger partial charge in [-0.3, -0.25) is 0 Å². The van der Waals surface area contributed by atoms with E-state index >= 15 is 0 Å². The number of benzene rings is 1. The van der Waals surface area contributed by atoms with Crippen LogP contribution in [0.15, 0.2) is 35.4 Å². The van der Waals surface area contributed by atoms with Crippen LogP contribution in [0, 0.1) is 18.3 Å². The lowest BCUT2D eigenvalue weighted by molar-refractivity contribution is 0.0798. The number of rotatable bonds is 5. The van der Waals surface area contributed by atoms with Crippen molar-refractivity contribution < 1.29 is 10.2 Å². The molecule has 0 spiro atoms. The highest BCUT2D eigenvalue weighted by Crippen LogP contribution is 2.59. The van der Waals surface area contributed by atoms with Crippen molar-refractivity contribution in [3.8, 4) is 11.5 Å². The minimum atomic E-state index is -0.401. The standard InChI is InChI=1S/C24H36O2/c1-16(2)9-8-10-19(5)23(6)12-11-17(3)15-24(23,7)22-20(25)13-18(4)14-21(22)26/h9,13-15,19,25-26H,8,10-12H2,1-7H3/t19-,23+,24+/m1/s1. The average Bonchev–Trinajstić information content (AvgIpc) is 2.49. The summed E-state index contributed by atoms with van der Waals surface area (Å²) in [5.74, 6) is 0.880. The summed E-state index contributed by atoms with van der Waals surface area (Å²) in [5, 5.41) is 21.5. The van der Waals surface area contributed by atoms with Crippen molar-refractivity contribution in [2.75, 3.05) is 0 Å². The van der Waals surface area contributed by atoms with E-state index in [0.29, 0.717) is 11.5 Å². The van der Waals surface area contributed by atoms with Crippen molar-refractivity contribution in [2.24, 2.45) is 11.3 Å². The summed E-state index contributed by atoms with van der Waals surface area (Å²) >= 11 is 0. The fourth-order valence-corrected chi connectivity index (χ4v) is 4.78. The number of aryl methyl sites for hydroxylation is 1. The van der Waals surface area contributed by atoms with Crippen molar-refractivity contribution in [3.05, 3.63) is 46.6 Å². The van der Waals surface area contributed by atoms with Gasteiger partial charge in [0.2, 0.25) is 0 Å². The van der Waals surface area contributed by atoms with E-state index < -0.39 is 5.41 Å². The SMILES string of the molecule is CC(C)=CCC[C@@H](C)[C@]1(C)CCC(C)=C[C@@]1(C)c1c(O)cc(C)cc1O. The Balaban J connectivity index is 2.54. The molecule has 0 aliphatic heterocycles. The largest absolute Gasteiger partial charge is 0.507 e. The van der Waals surface area contributed by atoms with Crippen LogP contribution in [0.1, 0.15) is 78.4 Å². The molecule has 1 aliphatic carbocycles. The molecule has 3 atom stereocenters. The molecule has 0 amide bonds. The van der Waals surface area contributed by atoms with E-state index in [9.17, 15) is 10.2 Å². The highest BCUT2D eigenvalue weighted by molar-refractivity contribution is 5.54. The van der Waals surface area contributed by atoms with E-state index in [1.54, 1.807) is 12.1 Å². The number of aromatic hydroxyl groups is 2. The second kappa shape index (κ2) is 7.50. The van der Waals surface area contributed by atoms with Gasteiger partial charge in [-0.1, -0.05) is 44.1 Å². The molecule has 1 aliphatic rings. The predicted molar refractivity (Wildman–Crippen MR) is 111 cm³/mol. The lowest BCUT2D eigenvalue weighted by Gasteiger charge is -2.52. The second-order valence-electron chi connectivity index (χ2n) is 9.05. The van der Waals surface area contributed by atoms with Crippen LogP contribution in [0.2, 0.25) is 0 Å². The van der Waals surface area contributed by atoms with Crippen molar-refractivity contribution >= 4 is 0 Å². The van der Waals surface area contributed by atoms with Crippen LogP contribution >= 0.6 is 0 Å². The fraction of sp³-hybridized carbons (Fsp3) is 0.583. The first-order valence-corrected chi connectivity index (χ1v) is 9.86. The monoisotopic (exact) mass is 356 g/mol. The maximum atomic E-state index is 10.7. The van der Waals surface area contributed by atoms with E-state index in [2.05, 4.69) is 53.7 Å². The minimum Gasteiger partial charge on any atom is -0.507 e. The molecular formula is C24H36O2. The Labute approximate surface area is 159 Å². The molecule has 0 fully saturated rings. The van der Waals surface area contributed by atoms with Gasteiger partial charge in [0.1, 0.15) is 11.5 Å². The maximum Gasteiger partial charge on any atom is 0.123 e. The lowest BCUT2D eigenvalue weighted by Crippen LogP contribution is -2.46. The molecule has 2 N–H and O–H groups in total. The molecule has 26 heavy (non-hydrogen) atoms. The summed E-state index contributed by atoms with van der Waals surface area (Å²) in [6.45, 7) is 15.2. The summed E-state index contributed by atoms with van der Waals surface area (Å²) < 4.78 is 0. The van der Waals surface area contributed by atoms with Gasteiger partial charge in [0.25, 0.3) is 0 Å². The van der Waals surface area contributed by atoms with Crippen LogP contribution in [-0.4, -0.2) is 10.2 Å². The molecule has 1 aromatic rings. The summed E-state index contributed by atoms with van der Waals surface area (Å²) in [7, 11) is 0. The first kappa shape index (κ1) is 20.6. The van der Waals surface area contributed by atoms with E-state index in [1.165, 1.54) is 11.1 Å². The summed E-state index contributed by atoms with van der Waals surface area (Å²) in [5.41, 5.74) is 3.81. The third-order valence-electron chi connectivity index (χ3n) is 6.76. The summed E-state index contributed by atoms with van der Waals surface area (Å²) in [6.07, 6.45) is 8.92. The van der Waals surface area contributed by atoms with Crippen molar-refractivity contribution in [1.29, 1.82) is 0 Å². The Morgan fingerprint density at radius 2 is 1.73 bits per heavy atom. The van der Waals surface area contributed by atoms with Gasteiger partial charge in [0.15, 0.2) is 0 Å². The Morgan fingerprint density at radius 3 is 2.27 bits per heavy atom. The maximum absolute atomic E-state index is 10.7. The number of hydrogen-bond acceptors (Lipinski definition) is 2. The lowest BCUT2D eigenvalue weighted by atomic mass is 9.51. The molecule has 2 heteroatoms. The summed E-state index contributed by atoms with van der Waals surface area (Å²) in [4.78, 5) is 0. The molecule has 0 saturated heterocycles. The van der Waals surface area contributed by atoms with Crippen LogP contribution in [0.25, 0.3) is 0 Å². The first-order chi connectivity index (χ1) is 12.0. The number of allylic oxidation sites excluding steroid dienone is 4. The molecule has 0 bridgehead atoms. The van der Waals surface area contributed by atoms with Gasteiger partial charge in [0, 0.05) is 11.0 Å². The van der Waals surface area contributed by atoms with Gasteiger partial charge >= 0.3 is 0 Å². The fourth-order valence-electron chi connectivity index (χ4n) is 4.78.